The van der Waals surface area contributed by atoms with Crippen LogP contribution >= 0.6 is 15.9 Å². The van der Waals surface area contributed by atoms with E-state index < -0.39 is 0 Å². The number of anilines is 1. The Morgan fingerprint density at radius 2 is 1.73 bits per heavy atom. The zero-order chi connectivity index (χ0) is 22.1. The molecule has 0 radical (unpaired) electrons. The second-order valence-electron chi connectivity index (χ2n) is 8.11. The molecule has 0 spiro atoms. The molecule has 162 valence electrons. The van der Waals surface area contributed by atoms with Gasteiger partial charge in [-0.1, -0.05) is 33.8 Å². The molecule has 0 heterocycles. The predicted molar refractivity (Wildman–Crippen MR) is 123 cm³/mol. The van der Waals surface area contributed by atoms with Crippen LogP contribution < -0.4 is 10.1 Å². The maximum atomic E-state index is 12.1. The van der Waals surface area contributed by atoms with E-state index in [4.69, 9.17) is 9.47 Å². The Morgan fingerprint density at radius 3 is 2.33 bits per heavy atom. The average Bonchev–Trinajstić information content (AvgIpc) is 2.70. The third kappa shape index (κ3) is 7.48. The first-order valence-corrected chi connectivity index (χ1v) is 11.0. The lowest BCUT2D eigenvalue weighted by Gasteiger charge is -2.20. The number of carbonyl (C=O) groups is 2. The molecule has 0 unspecified atom stereocenters. The lowest BCUT2D eigenvalue weighted by Crippen LogP contribution is -2.13. The third-order valence-electron chi connectivity index (χ3n) is 4.45. The number of nitrogens with one attached hydrogen (secondary N) is 1. The fraction of sp³-hybridized carbons (Fsp3) is 0.417. The van der Waals surface area contributed by atoms with Gasteiger partial charge in [-0.25, -0.2) is 4.79 Å². The van der Waals surface area contributed by atoms with Gasteiger partial charge in [0, 0.05) is 12.1 Å². The molecule has 0 aliphatic carbocycles. The summed E-state index contributed by atoms with van der Waals surface area (Å²) in [6.45, 7) is 9.29. The molecule has 0 saturated heterocycles. The van der Waals surface area contributed by atoms with E-state index in [-0.39, 0.29) is 17.3 Å². The number of benzene rings is 2. The van der Waals surface area contributed by atoms with Crippen molar-refractivity contribution in [1.29, 1.82) is 0 Å². The largest absolute Gasteiger partial charge is 0.492 e. The molecule has 0 aliphatic rings. The molecular weight excluding hydrogens is 446 g/mol. The summed E-state index contributed by atoms with van der Waals surface area (Å²) < 4.78 is 11.8. The van der Waals surface area contributed by atoms with Gasteiger partial charge in [0.05, 0.1) is 23.2 Å². The van der Waals surface area contributed by atoms with Gasteiger partial charge >= 0.3 is 5.97 Å². The van der Waals surface area contributed by atoms with Gasteiger partial charge in [-0.3, -0.25) is 4.79 Å². The SMILES string of the molecule is CCCOC(=O)c1ccc(NC(=O)CCCOc2ccc(C(C)(C)C)cc2Br)cc1. The molecule has 1 amide bonds. The van der Waals surface area contributed by atoms with Gasteiger partial charge in [0.2, 0.25) is 5.91 Å². The molecule has 6 heteroatoms. The van der Waals surface area contributed by atoms with Crippen LogP contribution in [-0.2, 0) is 14.9 Å². The number of halogens is 1. The molecule has 1 N–H and O–H groups in total. The first kappa shape index (κ1) is 23.9. The quantitative estimate of drug-likeness (QED) is 0.350. The van der Waals surface area contributed by atoms with Crippen molar-refractivity contribution >= 4 is 33.5 Å². The van der Waals surface area contributed by atoms with Gasteiger partial charge in [0.15, 0.2) is 0 Å². The molecule has 2 aromatic rings. The molecule has 2 rings (SSSR count). The summed E-state index contributed by atoms with van der Waals surface area (Å²) in [5, 5.41) is 2.83. The van der Waals surface area contributed by atoms with Crippen LogP contribution in [0.4, 0.5) is 5.69 Å². The van der Waals surface area contributed by atoms with E-state index in [9.17, 15) is 9.59 Å². The monoisotopic (exact) mass is 475 g/mol. The Bertz CT molecular complexity index is 856. The molecule has 0 saturated carbocycles. The summed E-state index contributed by atoms with van der Waals surface area (Å²) in [6, 6.07) is 12.8. The Morgan fingerprint density at radius 1 is 1.03 bits per heavy atom. The average molecular weight is 476 g/mol. The summed E-state index contributed by atoms with van der Waals surface area (Å²) in [7, 11) is 0. The van der Waals surface area contributed by atoms with Crippen molar-refractivity contribution in [3.05, 3.63) is 58.1 Å². The zero-order valence-electron chi connectivity index (χ0n) is 18.1. The number of hydrogen-bond acceptors (Lipinski definition) is 4. The van der Waals surface area contributed by atoms with Crippen molar-refractivity contribution < 1.29 is 19.1 Å². The van der Waals surface area contributed by atoms with Crippen molar-refractivity contribution in [2.75, 3.05) is 18.5 Å². The molecule has 0 bridgehead atoms. The van der Waals surface area contributed by atoms with Crippen LogP contribution in [0.2, 0.25) is 0 Å². The molecule has 30 heavy (non-hydrogen) atoms. The summed E-state index contributed by atoms with van der Waals surface area (Å²) in [5.41, 5.74) is 2.42. The van der Waals surface area contributed by atoms with Gasteiger partial charge < -0.3 is 14.8 Å². The van der Waals surface area contributed by atoms with Crippen LogP contribution in [0.1, 0.15) is 62.9 Å². The van der Waals surface area contributed by atoms with E-state index in [0.29, 0.717) is 37.3 Å². The van der Waals surface area contributed by atoms with Gasteiger partial charge in [0.25, 0.3) is 0 Å². The molecule has 5 nitrogen and oxygen atoms in total. The van der Waals surface area contributed by atoms with Crippen LogP contribution in [-0.4, -0.2) is 25.1 Å². The zero-order valence-corrected chi connectivity index (χ0v) is 19.7. The first-order chi connectivity index (χ1) is 14.2. The summed E-state index contributed by atoms with van der Waals surface area (Å²) in [4.78, 5) is 23.9. The first-order valence-electron chi connectivity index (χ1n) is 10.2. The highest BCUT2D eigenvalue weighted by molar-refractivity contribution is 9.10. The maximum absolute atomic E-state index is 12.1. The molecule has 0 atom stereocenters. The van der Waals surface area contributed by atoms with E-state index in [1.54, 1.807) is 24.3 Å². The van der Waals surface area contributed by atoms with E-state index in [1.807, 2.05) is 13.0 Å². The molecular formula is C24H30BrNO4. The number of rotatable bonds is 9. The Labute approximate surface area is 187 Å². The summed E-state index contributed by atoms with van der Waals surface area (Å²) in [5.74, 6) is 0.324. The van der Waals surface area contributed by atoms with Crippen LogP contribution in [0, 0.1) is 0 Å². The topological polar surface area (TPSA) is 64.6 Å². The highest BCUT2D eigenvalue weighted by Crippen LogP contribution is 2.31. The minimum Gasteiger partial charge on any atom is -0.492 e. The number of amides is 1. The van der Waals surface area contributed by atoms with Gasteiger partial charge in [-0.2, -0.15) is 0 Å². The number of carbonyl (C=O) groups excluding carboxylic acids is 2. The van der Waals surface area contributed by atoms with Crippen LogP contribution in [0.3, 0.4) is 0 Å². The molecule has 0 fully saturated rings. The Hall–Kier alpha value is -2.34. The van der Waals surface area contributed by atoms with Crippen molar-refractivity contribution in [1.82, 2.24) is 0 Å². The van der Waals surface area contributed by atoms with Gasteiger partial charge in [-0.15, -0.1) is 0 Å². The Balaban J connectivity index is 1.76. The third-order valence-corrected chi connectivity index (χ3v) is 5.06. The van der Waals surface area contributed by atoms with Crippen LogP contribution in [0.25, 0.3) is 0 Å². The molecule has 2 aromatic carbocycles. The Kier molecular flexibility index (Phi) is 8.90. The van der Waals surface area contributed by atoms with Crippen molar-refractivity contribution in [3.63, 3.8) is 0 Å². The fourth-order valence-electron chi connectivity index (χ4n) is 2.69. The van der Waals surface area contributed by atoms with Gasteiger partial charge in [-0.05, 0) is 76.1 Å². The molecule has 0 aromatic heterocycles. The number of hydrogen-bond donors (Lipinski definition) is 1. The summed E-state index contributed by atoms with van der Waals surface area (Å²) >= 11 is 3.56. The van der Waals surface area contributed by atoms with Gasteiger partial charge in [0.1, 0.15) is 5.75 Å². The van der Waals surface area contributed by atoms with E-state index in [2.05, 4.69) is 54.2 Å². The lowest BCUT2D eigenvalue weighted by atomic mass is 9.87. The van der Waals surface area contributed by atoms with Crippen molar-refractivity contribution in [2.24, 2.45) is 0 Å². The van der Waals surface area contributed by atoms with E-state index >= 15 is 0 Å². The van der Waals surface area contributed by atoms with E-state index in [0.717, 1.165) is 16.6 Å². The van der Waals surface area contributed by atoms with Crippen molar-refractivity contribution in [3.8, 4) is 5.75 Å². The second kappa shape index (κ2) is 11.2. The van der Waals surface area contributed by atoms with Crippen LogP contribution in [0.15, 0.2) is 46.9 Å². The highest BCUT2D eigenvalue weighted by Gasteiger charge is 2.15. The lowest BCUT2D eigenvalue weighted by molar-refractivity contribution is -0.116. The highest BCUT2D eigenvalue weighted by atomic mass is 79.9. The number of ether oxygens (including phenoxy) is 2. The standard InChI is InChI=1S/C24H30BrNO4/c1-5-14-30-23(28)17-8-11-19(12-9-17)26-22(27)7-6-15-29-21-13-10-18(16-20(21)25)24(2,3)4/h8-13,16H,5-7,14-15H2,1-4H3,(H,26,27). The maximum Gasteiger partial charge on any atom is 0.338 e. The minimum atomic E-state index is -0.353. The van der Waals surface area contributed by atoms with Crippen LogP contribution in [0.5, 0.6) is 5.75 Å². The molecule has 0 aliphatic heterocycles. The van der Waals surface area contributed by atoms with E-state index in [1.165, 1.54) is 5.56 Å². The minimum absolute atomic E-state index is 0.0765. The summed E-state index contributed by atoms with van der Waals surface area (Å²) in [6.07, 6.45) is 1.72. The van der Waals surface area contributed by atoms with Crippen molar-refractivity contribution in [2.45, 2.75) is 52.4 Å². The second-order valence-corrected chi connectivity index (χ2v) is 8.96. The predicted octanol–water partition coefficient (Wildman–Crippen LogP) is 6.11. The smallest absolute Gasteiger partial charge is 0.338 e. The number of esters is 1. The fourth-order valence-corrected chi connectivity index (χ4v) is 3.18. The normalized spacial score (nSPS) is 11.1.